The number of aromatic nitrogens is 2. The molecule has 0 aliphatic carbocycles. The van der Waals surface area contributed by atoms with Gasteiger partial charge in [-0.05, 0) is 88.8 Å². The molecule has 8 heterocycles. The molecular weight excluding hydrogens is 676 g/mol. The van der Waals surface area contributed by atoms with Crippen LogP contribution in [0, 0.1) is 6.92 Å². The number of nitrogens with one attached hydrogen (secondary N) is 1. The number of nitrogens with zero attached hydrogens (tertiary/aromatic N) is 3. The molecular formula is C40H41N6O7+. The van der Waals surface area contributed by atoms with E-state index < -0.39 is 29.2 Å². The molecule has 13 heteroatoms. The van der Waals surface area contributed by atoms with Gasteiger partial charge in [0, 0.05) is 35.4 Å². The number of hydrogen-bond acceptors (Lipinski definition) is 12. The van der Waals surface area contributed by atoms with Crippen molar-refractivity contribution in [3.8, 4) is 22.8 Å². The number of phenolic OH excluding ortho intramolecular Hbond substituents is 1. The Morgan fingerprint density at radius 1 is 1.06 bits per heavy atom. The Bertz CT molecular complexity index is 2380. The minimum absolute atomic E-state index is 0.0936. The molecule has 0 amide bonds. The fourth-order valence-electron chi connectivity index (χ4n) is 8.71. The summed E-state index contributed by atoms with van der Waals surface area (Å²) in [6.45, 7) is 6.87. The number of nitrogen functional groups attached to an aromatic ring is 2. The Hall–Kier alpha value is -5.53. The average molecular weight is 718 g/mol. The quantitative estimate of drug-likeness (QED) is 0.168. The van der Waals surface area contributed by atoms with Gasteiger partial charge < -0.3 is 35.2 Å². The van der Waals surface area contributed by atoms with E-state index in [1.807, 2.05) is 44.3 Å². The average Bonchev–Trinajstić information content (AvgIpc) is 3.40. The number of esters is 1. The highest BCUT2D eigenvalue weighted by Crippen LogP contribution is 2.54. The molecule has 1 spiro atoms. The summed E-state index contributed by atoms with van der Waals surface area (Å²) in [6.07, 6.45) is 7.83. The van der Waals surface area contributed by atoms with Crippen LogP contribution in [0.25, 0.3) is 22.2 Å². The molecule has 1 aromatic carbocycles. The lowest BCUT2D eigenvalue weighted by Gasteiger charge is -2.45. The SMILES string of the molecule is Cc1cc(=O)c2c(O)c3c(cc2o1)OC(C)(C)[C@@H]1OC(=O)[C@]2(CCC[C@H]31)O[C@@H]2CCc1cc(N)nc(-c2cc(N)nc(C[NH+]3C=C4C=CN=C4C3)c2)c1. The molecule has 5 atom stereocenters. The van der Waals surface area contributed by atoms with E-state index in [1.54, 1.807) is 19.1 Å². The van der Waals surface area contributed by atoms with E-state index in [-0.39, 0.29) is 28.3 Å². The number of nitrogens with two attached hydrogens (primary N) is 2. The number of allylic oxidation sites excluding steroid dienone is 1. The van der Waals surface area contributed by atoms with Gasteiger partial charge in [-0.3, -0.25) is 14.7 Å². The molecule has 4 aromatic rings. The van der Waals surface area contributed by atoms with Gasteiger partial charge in [-0.15, -0.1) is 0 Å². The van der Waals surface area contributed by atoms with E-state index in [4.69, 9.17) is 30.1 Å². The second-order valence-electron chi connectivity index (χ2n) is 15.4. The van der Waals surface area contributed by atoms with Crippen LogP contribution in [0.15, 0.2) is 74.7 Å². The highest BCUT2D eigenvalue weighted by atomic mass is 16.7. The zero-order valence-electron chi connectivity index (χ0n) is 29.8. The second-order valence-corrected chi connectivity index (χ2v) is 15.4. The molecule has 0 saturated carbocycles. The number of benzene rings is 1. The topological polar surface area (TPSA) is 193 Å². The Balaban J connectivity index is 0.910. The predicted molar refractivity (Wildman–Crippen MR) is 196 cm³/mol. The zero-order valence-corrected chi connectivity index (χ0v) is 29.8. The fraction of sp³-hybridized carbons (Fsp3) is 0.375. The fourth-order valence-corrected chi connectivity index (χ4v) is 8.71. The predicted octanol–water partition coefficient (Wildman–Crippen LogP) is 3.80. The smallest absolute Gasteiger partial charge is 0.341 e. The van der Waals surface area contributed by atoms with Crippen molar-refractivity contribution in [1.82, 2.24) is 9.97 Å². The van der Waals surface area contributed by atoms with Gasteiger partial charge in [0.25, 0.3) is 0 Å². The standard InChI is InChI=1S/C40H40N6O7/c1-20-11-28(47)35-29(50-20)16-30-34(36(35)48)25-5-4-9-40(38(49)51-37(25)39(2,3)52-30)31(53-40)7-6-21-12-26(45-32(41)13-21)23-14-24(44-33(42)15-23)18-46-17-22-8-10-43-27(22)19-46/h8,10-17,25,31,37,48H,4-7,9,18-19H2,1-3H3,(H2,41,45)(H2,42,44)/p+1/t25-,31-,37-,40-/m1/s1. The summed E-state index contributed by atoms with van der Waals surface area (Å²) < 4.78 is 24.6. The summed E-state index contributed by atoms with van der Waals surface area (Å²) in [5.41, 5.74) is 16.5. The number of anilines is 2. The normalized spacial score (nSPS) is 26.5. The van der Waals surface area contributed by atoms with Gasteiger partial charge in [0.05, 0.1) is 23.1 Å². The van der Waals surface area contributed by atoms with Gasteiger partial charge >= 0.3 is 5.97 Å². The molecule has 53 heavy (non-hydrogen) atoms. The highest BCUT2D eigenvalue weighted by Gasteiger charge is 2.65. The van der Waals surface area contributed by atoms with Gasteiger partial charge in [0.1, 0.15) is 76.6 Å². The minimum Gasteiger partial charge on any atom is -0.507 e. The molecule has 5 aliphatic rings. The number of aromatic hydroxyl groups is 1. The Morgan fingerprint density at radius 2 is 1.89 bits per heavy atom. The largest absolute Gasteiger partial charge is 0.507 e. The van der Waals surface area contributed by atoms with Crippen molar-refractivity contribution in [3.63, 3.8) is 0 Å². The molecule has 2 saturated heterocycles. The summed E-state index contributed by atoms with van der Waals surface area (Å²) in [5.74, 6) is 0.625. The number of phenols is 1. The first kappa shape index (κ1) is 33.3. The maximum Gasteiger partial charge on any atom is 0.341 e. The molecule has 6 N–H and O–H groups in total. The number of aryl methyl sites for hydroxylation is 2. The van der Waals surface area contributed by atoms with E-state index in [9.17, 15) is 14.7 Å². The van der Waals surface area contributed by atoms with Crippen LogP contribution in [0.2, 0.25) is 0 Å². The minimum atomic E-state index is -1.06. The first-order valence-electron chi connectivity index (χ1n) is 18.1. The summed E-state index contributed by atoms with van der Waals surface area (Å²) in [4.78, 5) is 41.7. The number of quaternary nitrogens is 1. The van der Waals surface area contributed by atoms with Crippen molar-refractivity contribution >= 4 is 34.3 Å². The molecule has 1 unspecified atom stereocenters. The first-order chi connectivity index (χ1) is 25.4. The number of epoxide rings is 1. The Labute approximate surface area is 305 Å². The van der Waals surface area contributed by atoms with Crippen molar-refractivity contribution in [2.75, 3.05) is 18.0 Å². The number of pyridine rings is 2. The van der Waals surface area contributed by atoms with Crippen molar-refractivity contribution in [1.29, 1.82) is 0 Å². The number of hydrogen-bond donors (Lipinski definition) is 4. The molecule has 0 bridgehead atoms. The monoisotopic (exact) mass is 717 g/mol. The molecule has 272 valence electrons. The third-order valence-corrected chi connectivity index (χ3v) is 11.1. The van der Waals surface area contributed by atoms with E-state index in [1.165, 1.54) is 11.0 Å². The van der Waals surface area contributed by atoms with Crippen LogP contribution in [-0.4, -0.2) is 56.7 Å². The molecule has 3 aromatic heterocycles. The third-order valence-electron chi connectivity index (χ3n) is 11.1. The van der Waals surface area contributed by atoms with Crippen LogP contribution in [0.1, 0.15) is 68.0 Å². The van der Waals surface area contributed by atoms with E-state index in [0.717, 1.165) is 34.7 Å². The van der Waals surface area contributed by atoms with Crippen LogP contribution in [0.4, 0.5) is 11.6 Å². The molecule has 13 nitrogen and oxygen atoms in total. The zero-order chi connectivity index (χ0) is 36.8. The van der Waals surface area contributed by atoms with Crippen molar-refractivity contribution in [3.05, 3.63) is 93.3 Å². The summed E-state index contributed by atoms with van der Waals surface area (Å²) in [7, 11) is 0. The van der Waals surface area contributed by atoms with Gasteiger partial charge in [-0.1, -0.05) is 0 Å². The van der Waals surface area contributed by atoms with Crippen molar-refractivity contribution in [2.24, 2.45) is 4.99 Å². The van der Waals surface area contributed by atoms with Gasteiger partial charge in [0.15, 0.2) is 11.0 Å². The number of carbonyl (C=O) groups excluding carboxylic acids is 1. The maximum atomic E-state index is 14.0. The van der Waals surface area contributed by atoms with Gasteiger partial charge in [-0.25, -0.2) is 14.8 Å². The molecule has 5 aliphatic heterocycles. The lowest BCUT2D eigenvalue weighted by Crippen LogP contribution is -3.05. The van der Waals surface area contributed by atoms with Crippen LogP contribution in [-0.2, 0) is 27.2 Å². The van der Waals surface area contributed by atoms with Crippen molar-refractivity contribution < 1.29 is 33.4 Å². The summed E-state index contributed by atoms with van der Waals surface area (Å²) in [5, 5.41) is 11.5. The third kappa shape index (κ3) is 5.75. The molecule has 2 fully saturated rings. The van der Waals surface area contributed by atoms with E-state index >= 15 is 0 Å². The first-order valence-corrected chi connectivity index (χ1v) is 18.1. The van der Waals surface area contributed by atoms with Crippen LogP contribution in [0.5, 0.6) is 11.5 Å². The lowest BCUT2D eigenvalue weighted by molar-refractivity contribution is -0.848. The number of fused-ring (bicyclic) bond motifs is 5. The maximum absolute atomic E-state index is 14.0. The van der Waals surface area contributed by atoms with E-state index in [0.29, 0.717) is 73.1 Å². The highest BCUT2D eigenvalue weighted by molar-refractivity contribution is 6.06. The second kappa shape index (κ2) is 12.0. The number of rotatable bonds is 6. The molecule has 9 rings (SSSR count). The summed E-state index contributed by atoms with van der Waals surface area (Å²) in [6, 6.07) is 10.7. The van der Waals surface area contributed by atoms with Crippen LogP contribution in [0.3, 0.4) is 0 Å². The lowest BCUT2D eigenvalue weighted by atomic mass is 9.76. The summed E-state index contributed by atoms with van der Waals surface area (Å²) >= 11 is 0. The number of ether oxygens (including phenoxy) is 3. The van der Waals surface area contributed by atoms with Crippen molar-refractivity contribution in [2.45, 2.75) is 88.7 Å². The van der Waals surface area contributed by atoms with Crippen LogP contribution < -0.4 is 26.5 Å². The number of carbonyl (C=O) groups is 1. The van der Waals surface area contributed by atoms with Gasteiger partial charge in [-0.2, -0.15) is 0 Å². The van der Waals surface area contributed by atoms with E-state index in [2.05, 4.69) is 21.2 Å². The van der Waals surface area contributed by atoms with Crippen LogP contribution >= 0.6 is 0 Å². The Kier molecular flexibility index (Phi) is 7.54. The Morgan fingerprint density at radius 3 is 2.72 bits per heavy atom. The molecule has 0 radical (unpaired) electrons. The number of aliphatic imine (C=N–C) groups is 1. The van der Waals surface area contributed by atoms with Gasteiger partial charge in [0.2, 0.25) is 0 Å².